The molecule has 3 rings (SSSR count). The van der Waals surface area contributed by atoms with Crippen LogP contribution in [0.5, 0.6) is 0 Å². The Morgan fingerprint density at radius 1 is 0.967 bits per heavy atom. The van der Waals surface area contributed by atoms with Crippen LogP contribution in [0.15, 0.2) is 52.3 Å². The Labute approximate surface area is 176 Å². The molecule has 0 saturated carbocycles. The van der Waals surface area contributed by atoms with Gasteiger partial charge < -0.3 is 4.74 Å². The van der Waals surface area contributed by atoms with Crippen molar-refractivity contribution in [1.82, 2.24) is 4.31 Å². The smallest absolute Gasteiger partial charge is 0.379 e. The van der Waals surface area contributed by atoms with Gasteiger partial charge in [-0.15, -0.1) is 0 Å². The highest BCUT2D eigenvalue weighted by atomic mass is 35.5. The van der Waals surface area contributed by atoms with Crippen LogP contribution >= 0.6 is 11.6 Å². The van der Waals surface area contributed by atoms with E-state index in [1.165, 1.54) is 22.5 Å². The number of anilines is 1. The van der Waals surface area contributed by atoms with E-state index in [-0.39, 0.29) is 36.9 Å². The molecular formula is C17H16ClF3N2O5S2. The van der Waals surface area contributed by atoms with Crippen molar-refractivity contribution in [2.75, 3.05) is 31.0 Å². The second-order valence-electron chi connectivity index (χ2n) is 6.29. The highest BCUT2D eigenvalue weighted by Gasteiger charge is 2.34. The molecule has 0 radical (unpaired) electrons. The molecule has 1 heterocycles. The maximum Gasteiger partial charge on any atom is 0.417 e. The van der Waals surface area contributed by atoms with E-state index in [2.05, 4.69) is 4.72 Å². The monoisotopic (exact) mass is 484 g/mol. The Bertz CT molecular complexity index is 1150. The number of halogens is 4. The highest BCUT2D eigenvalue weighted by molar-refractivity contribution is 7.92. The highest BCUT2D eigenvalue weighted by Crippen LogP contribution is 2.36. The van der Waals surface area contributed by atoms with Crippen molar-refractivity contribution >= 4 is 37.3 Å². The van der Waals surface area contributed by atoms with Gasteiger partial charge in [0.05, 0.1) is 39.3 Å². The number of benzene rings is 2. The van der Waals surface area contributed by atoms with Crippen LogP contribution in [0.2, 0.25) is 5.02 Å². The minimum atomic E-state index is -4.84. The van der Waals surface area contributed by atoms with Crippen LogP contribution in [0, 0.1) is 0 Å². The van der Waals surface area contributed by atoms with E-state index in [9.17, 15) is 30.0 Å². The summed E-state index contributed by atoms with van der Waals surface area (Å²) < 4.78 is 98.1. The normalized spacial score (nSPS) is 16.4. The van der Waals surface area contributed by atoms with Crippen LogP contribution in [0.4, 0.5) is 18.9 Å². The standard InChI is InChI=1S/C17H16ClF3N2O5S2/c18-16-5-4-13(11-15(16)17(19,20)21)29(24,25)22-12-2-1-3-14(10-12)30(26,27)23-6-8-28-9-7-23/h1-5,10-11,22H,6-9H2. The maximum atomic E-state index is 13.0. The quantitative estimate of drug-likeness (QED) is 0.703. The van der Waals surface area contributed by atoms with E-state index < -0.39 is 41.7 Å². The third-order valence-electron chi connectivity index (χ3n) is 4.25. The number of rotatable bonds is 5. The third kappa shape index (κ3) is 4.89. The maximum absolute atomic E-state index is 13.0. The first-order chi connectivity index (χ1) is 13.9. The molecule has 2 aromatic carbocycles. The van der Waals surface area contributed by atoms with E-state index in [1.807, 2.05) is 0 Å². The SMILES string of the molecule is O=S(=O)(Nc1cccc(S(=O)(=O)N2CCOCC2)c1)c1ccc(Cl)c(C(F)(F)F)c1. The molecule has 30 heavy (non-hydrogen) atoms. The summed E-state index contributed by atoms with van der Waals surface area (Å²) in [6, 6.07) is 7.19. The van der Waals surface area contributed by atoms with E-state index in [0.717, 1.165) is 18.2 Å². The first kappa shape index (κ1) is 22.8. The number of nitrogens with zero attached hydrogens (tertiary/aromatic N) is 1. The van der Waals surface area contributed by atoms with Gasteiger partial charge in [0.2, 0.25) is 10.0 Å². The van der Waals surface area contributed by atoms with Gasteiger partial charge in [-0.2, -0.15) is 17.5 Å². The van der Waals surface area contributed by atoms with Crippen LogP contribution in [0.1, 0.15) is 5.56 Å². The van der Waals surface area contributed by atoms with Gasteiger partial charge in [0.15, 0.2) is 0 Å². The first-order valence-corrected chi connectivity index (χ1v) is 11.8. The van der Waals surface area contributed by atoms with Crippen LogP contribution in [0.3, 0.4) is 0 Å². The lowest BCUT2D eigenvalue weighted by molar-refractivity contribution is -0.137. The van der Waals surface area contributed by atoms with Crippen LogP contribution in [0.25, 0.3) is 0 Å². The van der Waals surface area contributed by atoms with Gasteiger partial charge in [-0.25, -0.2) is 16.8 Å². The zero-order valence-corrected chi connectivity index (χ0v) is 17.6. The molecule has 0 unspecified atom stereocenters. The van der Waals surface area contributed by atoms with Crippen LogP contribution in [-0.2, 0) is 31.0 Å². The molecule has 1 aliphatic heterocycles. The topological polar surface area (TPSA) is 92.8 Å². The fourth-order valence-electron chi connectivity index (χ4n) is 2.76. The number of ether oxygens (including phenoxy) is 1. The molecule has 0 aliphatic carbocycles. The van der Waals surface area contributed by atoms with Gasteiger partial charge in [-0.1, -0.05) is 17.7 Å². The number of alkyl halides is 3. The van der Waals surface area contributed by atoms with Crippen LogP contribution < -0.4 is 4.72 Å². The van der Waals surface area contributed by atoms with Gasteiger partial charge in [0.1, 0.15) is 0 Å². The van der Waals surface area contributed by atoms with Gasteiger partial charge >= 0.3 is 6.18 Å². The summed E-state index contributed by atoms with van der Waals surface area (Å²) in [5.74, 6) is 0. The molecule has 13 heteroatoms. The number of hydrogen-bond donors (Lipinski definition) is 1. The lowest BCUT2D eigenvalue weighted by Crippen LogP contribution is -2.40. The average Bonchev–Trinajstić information content (AvgIpc) is 2.68. The Balaban J connectivity index is 1.91. The Kier molecular flexibility index (Phi) is 6.35. The zero-order valence-electron chi connectivity index (χ0n) is 15.2. The van der Waals surface area contributed by atoms with E-state index in [4.69, 9.17) is 16.3 Å². The molecule has 0 atom stereocenters. The predicted octanol–water partition coefficient (Wildman–Crippen LogP) is 3.18. The van der Waals surface area contributed by atoms with E-state index in [1.54, 1.807) is 0 Å². The van der Waals surface area contributed by atoms with Crippen molar-refractivity contribution in [3.8, 4) is 0 Å². The number of morpholine rings is 1. The summed E-state index contributed by atoms with van der Waals surface area (Å²) in [5, 5.41) is -0.639. The van der Waals surface area contributed by atoms with Gasteiger partial charge in [-0.05, 0) is 36.4 Å². The fourth-order valence-corrected chi connectivity index (χ4v) is 5.51. The zero-order chi connectivity index (χ0) is 22.2. The van der Waals surface area contributed by atoms with Crippen molar-refractivity contribution < 1.29 is 34.7 Å². The van der Waals surface area contributed by atoms with Crippen molar-refractivity contribution in [2.45, 2.75) is 16.0 Å². The Morgan fingerprint density at radius 2 is 1.63 bits per heavy atom. The average molecular weight is 485 g/mol. The minimum Gasteiger partial charge on any atom is -0.379 e. The van der Waals surface area contributed by atoms with Crippen molar-refractivity contribution in [1.29, 1.82) is 0 Å². The number of hydrogen-bond acceptors (Lipinski definition) is 5. The molecule has 1 saturated heterocycles. The number of nitrogens with one attached hydrogen (secondary N) is 1. The molecule has 1 fully saturated rings. The largest absolute Gasteiger partial charge is 0.417 e. The van der Waals surface area contributed by atoms with E-state index >= 15 is 0 Å². The molecule has 2 aromatic rings. The van der Waals surface area contributed by atoms with Crippen molar-refractivity contribution in [3.63, 3.8) is 0 Å². The number of sulfonamides is 2. The fraction of sp³-hybridized carbons (Fsp3) is 0.294. The summed E-state index contributed by atoms with van der Waals surface area (Å²) >= 11 is 5.52. The molecule has 0 spiro atoms. The third-order valence-corrected chi connectivity index (χ3v) is 7.85. The summed E-state index contributed by atoms with van der Waals surface area (Å²) in [6.07, 6.45) is -4.84. The Morgan fingerprint density at radius 3 is 2.27 bits per heavy atom. The van der Waals surface area contributed by atoms with Crippen molar-refractivity contribution in [3.05, 3.63) is 53.1 Å². The summed E-state index contributed by atoms with van der Waals surface area (Å²) in [7, 11) is -8.32. The summed E-state index contributed by atoms with van der Waals surface area (Å²) in [6.45, 7) is 0.792. The molecule has 1 N–H and O–H groups in total. The predicted molar refractivity (Wildman–Crippen MR) is 103 cm³/mol. The lowest BCUT2D eigenvalue weighted by Gasteiger charge is -2.26. The van der Waals surface area contributed by atoms with Crippen molar-refractivity contribution in [2.24, 2.45) is 0 Å². The molecular weight excluding hydrogens is 469 g/mol. The Hall–Kier alpha value is -1.86. The first-order valence-electron chi connectivity index (χ1n) is 8.49. The molecule has 0 bridgehead atoms. The molecule has 0 aromatic heterocycles. The second-order valence-corrected chi connectivity index (χ2v) is 10.3. The second kappa shape index (κ2) is 8.35. The van der Waals surface area contributed by atoms with Crippen LogP contribution in [-0.4, -0.2) is 47.4 Å². The lowest BCUT2D eigenvalue weighted by atomic mass is 10.2. The van der Waals surface area contributed by atoms with Gasteiger partial charge in [0, 0.05) is 13.1 Å². The molecule has 1 aliphatic rings. The minimum absolute atomic E-state index is 0.118. The summed E-state index contributed by atoms with van der Waals surface area (Å²) in [4.78, 5) is -0.822. The molecule has 0 amide bonds. The van der Waals surface area contributed by atoms with E-state index in [0.29, 0.717) is 6.07 Å². The van der Waals surface area contributed by atoms with Gasteiger partial charge in [-0.3, -0.25) is 4.72 Å². The molecule has 7 nitrogen and oxygen atoms in total. The van der Waals surface area contributed by atoms with Gasteiger partial charge in [0.25, 0.3) is 10.0 Å². The summed E-state index contributed by atoms with van der Waals surface area (Å²) in [5.41, 5.74) is -1.41. The molecule has 164 valence electrons.